The van der Waals surface area contributed by atoms with E-state index in [0.717, 1.165) is 30.4 Å². The maximum absolute atomic E-state index is 13.1. The fourth-order valence-corrected chi connectivity index (χ4v) is 3.98. The second kappa shape index (κ2) is 7.31. The molecule has 1 aromatic heterocycles. The van der Waals surface area contributed by atoms with E-state index in [-0.39, 0.29) is 29.5 Å². The SMILES string of the molecule is CN1CCC2(CC1)OCCN2C(=O)c1cc(=O)c2ccc(Br)cc2o1.Cl. The Morgan fingerprint density at radius 3 is 2.65 bits per heavy atom. The Balaban J connectivity index is 0.00000196. The van der Waals surface area contributed by atoms with Crippen LogP contribution < -0.4 is 5.43 Å². The molecule has 2 aliphatic rings. The Morgan fingerprint density at radius 1 is 1.19 bits per heavy atom. The number of carbonyl (C=O) groups excluding carboxylic acids is 1. The average molecular weight is 444 g/mol. The molecule has 4 rings (SSSR count). The molecule has 2 aliphatic heterocycles. The molecular formula is C18H20BrClN2O4. The van der Waals surface area contributed by atoms with E-state index in [9.17, 15) is 9.59 Å². The zero-order valence-corrected chi connectivity index (χ0v) is 16.8. The second-order valence-corrected chi connectivity index (χ2v) is 7.59. The summed E-state index contributed by atoms with van der Waals surface area (Å²) in [6, 6.07) is 6.47. The van der Waals surface area contributed by atoms with Gasteiger partial charge in [0.05, 0.1) is 12.0 Å². The third-order valence-corrected chi connectivity index (χ3v) is 5.59. The highest BCUT2D eigenvalue weighted by Gasteiger charge is 2.47. The van der Waals surface area contributed by atoms with Gasteiger partial charge in [-0.05, 0) is 25.2 Å². The molecule has 0 radical (unpaired) electrons. The molecule has 0 saturated carbocycles. The maximum atomic E-state index is 13.1. The number of benzene rings is 1. The molecule has 8 heteroatoms. The number of hydrogen-bond acceptors (Lipinski definition) is 5. The summed E-state index contributed by atoms with van der Waals surface area (Å²) < 4.78 is 12.5. The third-order valence-electron chi connectivity index (χ3n) is 5.09. The Hall–Kier alpha value is -1.41. The van der Waals surface area contributed by atoms with Crippen molar-refractivity contribution in [3.63, 3.8) is 0 Å². The van der Waals surface area contributed by atoms with Crippen LogP contribution in [0.4, 0.5) is 0 Å². The lowest BCUT2D eigenvalue weighted by atomic mass is 9.99. The van der Waals surface area contributed by atoms with Gasteiger partial charge in [0, 0.05) is 43.0 Å². The van der Waals surface area contributed by atoms with Crippen LogP contribution in [0.3, 0.4) is 0 Å². The van der Waals surface area contributed by atoms with Crippen LogP contribution in [0, 0.1) is 0 Å². The van der Waals surface area contributed by atoms with E-state index in [4.69, 9.17) is 9.15 Å². The number of hydrogen-bond donors (Lipinski definition) is 0. The minimum atomic E-state index is -0.575. The van der Waals surface area contributed by atoms with Gasteiger partial charge in [-0.25, -0.2) is 0 Å². The summed E-state index contributed by atoms with van der Waals surface area (Å²) >= 11 is 3.37. The van der Waals surface area contributed by atoms with Crippen LogP contribution in [0.5, 0.6) is 0 Å². The van der Waals surface area contributed by atoms with Gasteiger partial charge >= 0.3 is 0 Å². The molecule has 2 fully saturated rings. The van der Waals surface area contributed by atoms with Crippen LogP contribution in [0.25, 0.3) is 11.0 Å². The highest BCUT2D eigenvalue weighted by atomic mass is 79.9. The lowest BCUT2D eigenvalue weighted by Crippen LogP contribution is -2.54. The predicted octanol–water partition coefficient (Wildman–Crippen LogP) is 2.87. The monoisotopic (exact) mass is 442 g/mol. The van der Waals surface area contributed by atoms with Crippen LogP contribution in [-0.2, 0) is 4.74 Å². The van der Waals surface area contributed by atoms with Gasteiger partial charge in [-0.3, -0.25) is 9.59 Å². The van der Waals surface area contributed by atoms with Gasteiger partial charge in [0.2, 0.25) is 0 Å². The van der Waals surface area contributed by atoms with Gasteiger partial charge in [0.25, 0.3) is 5.91 Å². The molecule has 1 amide bonds. The van der Waals surface area contributed by atoms with Crippen molar-refractivity contribution in [2.45, 2.75) is 18.6 Å². The minimum absolute atomic E-state index is 0. The van der Waals surface area contributed by atoms with Gasteiger partial charge in [0.1, 0.15) is 11.3 Å². The molecule has 1 spiro atoms. The van der Waals surface area contributed by atoms with E-state index in [1.165, 1.54) is 6.07 Å². The van der Waals surface area contributed by atoms with E-state index in [0.29, 0.717) is 24.1 Å². The van der Waals surface area contributed by atoms with Crippen molar-refractivity contribution in [1.29, 1.82) is 0 Å². The third kappa shape index (κ3) is 3.29. The number of likely N-dealkylation sites (tertiary alicyclic amines) is 1. The van der Waals surface area contributed by atoms with Crippen molar-refractivity contribution in [1.82, 2.24) is 9.80 Å². The summed E-state index contributed by atoms with van der Waals surface area (Å²) in [5.41, 5.74) is -0.383. The molecule has 3 heterocycles. The molecule has 26 heavy (non-hydrogen) atoms. The summed E-state index contributed by atoms with van der Waals surface area (Å²) in [7, 11) is 2.06. The first-order valence-corrected chi connectivity index (χ1v) is 9.16. The molecule has 1 aromatic carbocycles. The van der Waals surface area contributed by atoms with Crippen LogP contribution in [-0.4, -0.2) is 54.7 Å². The van der Waals surface area contributed by atoms with E-state index >= 15 is 0 Å². The van der Waals surface area contributed by atoms with E-state index in [1.54, 1.807) is 23.1 Å². The molecule has 0 N–H and O–H groups in total. The van der Waals surface area contributed by atoms with E-state index in [1.807, 2.05) is 0 Å². The van der Waals surface area contributed by atoms with Gasteiger partial charge in [-0.2, -0.15) is 0 Å². The first-order chi connectivity index (χ1) is 12.0. The first kappa shape index (κ1) is 19.4. The fourth-order valence-electron chi connectivity index (χ4n) is 3.64. The minimum Gasteiger partial charge on any atom is -0.451 e. The topological polar surface area (TPSA) is 63.0 Å². The quantitative estimate of drug-likeness (QED) is 0.678. The zero-order valence-electron chi connectivity index (χ0n) is 14.4. The number of ether oxygens (including phenoxy) is 1. The number of nitrogens with zero attached hydrogens (tertiary/aromatic N) is 2. The molecular weight excluding hydrogens is 424 g/mol. The van der Waals surface area contributed by atoms with E-state index < -0.39 is 5.72 Å². The van der Waals surface area contributed by atoms with Crippen LogP contribution in [0.2, 0.25) is 0 Å². The Kier molecular flexibility index (Phi) is 5.44. The highest BCUT2D eigenvalue weighted by Crippen LogP contribution is 2.35. The van der Waals surface area contributed by atoms with Crippen LogP contribution >= 0.6 is 28.3 Å². The van der Waals surface area contributed by atoms with Crippen LogP contribution in [0.15, 0.2) is 37.9 Å². The van der Waals surface area contributed by atoms with Gasteiger partial charge in [-0.15, -0.1) is 12.4 Å². The molecule has 6 nitrogen and oxygen atoms in total. The highest BCUT2D eigenvalue weighted by molar-refractivity contribution is 9.10. The number of rotatable bonds is 1. The molecule has 2 aromatic rings. The molecule has 2 saturated heterocycles. The zero-order chi connectivity index (χ0) is 17.6. The van der Waals surface area contributed by atoms with Crippen molar-refractivity contribution in [3.05, 3.63) is 44.7 Å². The average Bonchev–Trinajstić information content (AvgIpc) is 3.00. The van der Waals surface area contributed by atoms with Crippen molar-refractivity contribution in [3.8, 4) is 0 Å². The summed E-state index contributed by atoms with van der Waals surface area (Å²) in [6.07, 6.45) is 1.53. The summed E-state index contributed by atoms with van der Waals surface area (Å²) in [6.45, 7) is 2.78. The van der Waals surface area contributed by atoms with Crippen molar-refractivity contribution in [2.24, 2.45) is 0 Å². The van der Waals surface area contributed by atoms with Crippen molar-refractivity contribution in [2.75, 3.05) is 33.3 Å². The molecule has 0 aliphatic carbocycles. The van der Waals surface area contributed by atoms with Crippen LogP contribution in [0.1, 0.15) is 23.4 Å². The summed E-state index contributed by atoms with van der Waals surface area (Å²) in [5.74, 6) is -0.208. The lowest BCUT2D eigenvalue weighted by Gasteiger charge is -2.42. The Morgan fingerprint density at radius 2 is 1.92 bits per heavy atom. The molecule has 0 bridgehead atoms. The fraction of sp³-hybridized carbons (Fsp3) is 0.444. The number of fused-ring (bicyclic) bond motifs is 1. The van der Waals surface area contributed by atoms with Crippen molar-refractivity contribution >= 4 is 45.2 Å². The summed E-state index contributed by atoms with van der Waals surface area (Å²) in [5, 5.41) is 0.464. The molecule has 140 valence electrons. The standard InChI is InChI=1S/C18H19BrN2O4.ClH/c1-20-6-4-18(5-7-20)21(8-9-24-18)17(23)16-11-14(22)13-3-2-12(19)10-15(13)25-16;/h2-3,10-11H,4-9H2,1H3;1H. The van der Waals surface area contributed by atoms with E-state index in [2.05, 4.69) is 27.9 Å². The Labute approximate surface area is 165 Å². The maximum Gasteiger partial charge on any atom is 0.292 e. The Bertz CT molecular complexity index is 892. The molecule has 0 unspecified atom stereocenters. The molecule has 0 atom stereocenters. The first-order valence-electron chi connectivity index (χ1n) is 8.36. The second-order valence-electron chi connectivity index (χ2n) is 6.67. The van der Waals surface area contributed by atoms with Gasteiger partial charge in [-0.1, -0.05) is 15.9 Å². The number of amides is 1. The van der Waals surface area contributed by atoms with Crippen molar-refractivity contribution < 1.29 is 13.9 Å². The normalized spacial score (nSPS) is 19.7. The van der Waals surface area contributed by atoms with Gasteiger partial charge < -0.3 is 19.0 Å². The number of carbonyl (C=O) groups is 1. The number of halogens is 2. The smallest absolute Gasteiger partial charge is 0.292 e. The number of piperidine rings is 1. The largest absolute Gasteiger partial charge is 0.451 e. The predicted molar refractivity (Wildman–Crippen MR) is 104 cm³/mol. The summed E-state index contributed by atoms with van der Waals surface area (Å²) in [4.78, 5) is 29.4. The lowest BCUT2D eigenvalue weighted by molar-refractivity contribution is -0.103. The van der Waals surface area contributed by atoms with Gasteiger partial charge in [0.15, 0.2) is 11.2 Å².